The van der Waals surface area contributed by atoms with Gasteiger partial charge in [0.25, 0.3) is 5.56 Å². The van der Waals surface area contributed by atoms with E-state index in [2.05, 4.69) is 30.6 Å². The van der Waals surface area contributed by atoms with Crippen LogP contribution in [0.4, 0.5) is 9.93 Å². The van der Waals surface area contributed by atoms with Crippen LogP contribution in [0.1, 0.15) is 5.82 Å². The van der Waals surface area contributed by atoms with Gasteiger partial charge in [-0.15, -0.1) is 0 Å². The quantitative estimate of drug-likeness (QED) is 0.466. The van der Waals surface area contributed by atoms with Crippen molar-refractivity contribution < 1.29 is 4.79 Å². The number of pyridine rings is 1. The molecule has 0 saturated heterocycles. The zero-order chi connectivity index (χ0) is 19.3. The van der Waals surface area contributed by atoms with Crippen LogP contribution in [0.15, 0.2) is 68.9 Å². The summed E-state index contributed by atoms with van der Waals surface area (Å²) in [6.07, 6.45) is 3.41. The normalized spacial score (nSPS) is 10.7. The summed E-state index contributed by atoms with van der Waals surface area (Å²) >= 11 is 2.82. The molecule has 0 bridgehead atoms. The fourth-order valence-electron chi connectivity index (χ4n) is 2.40. The van der Waals surface area contributed by atoms with Gasteiger partial charge < -0.3 is 10.3 Å². The number of aromatic nitrogens is 4. The highest BCUT2D eigenvalue weighted by atomic mass is 32.2. The number of rotatable bonds is 5. The van der Waals surface area contributed by atoms with Crippen LogP contribution >= 0.6 is 23.1 Å². The van der Waals surface area contributed by atoms with Gasteiger partial charge in [-0.3, -0.25) is 10.1 Å². The highest BCUT2D eigenvalue weighted by Crippen LogP contribution is 2.32. The Morgan fingerprint density at radius 1 is 1.14 bits per heavy atom. The molecule has 3 N–H and O–H groups in total. The summed E-state index contributed by atoms with van der Waals surface area (Å²) in [5.74, 6) is 0.379. The smallest absolute Gasteiger partial charge is 0.321 e. The van der Waals surface area contributed by atoms with Gasteiger partial charge in [0, 0.05) is 6.20 Å². The Morgan fingerprint density at radius 3 is 2.86 bits per heavy atom. The van der Waals surface area contributed by atoms with Crippen LogP contribution in [-0.4, -0.2) is 26.0 Å². The number of benzene rings is 1. The summed E-state index contributed by atoms with van der Waals surface area (Å²) in [4.78, 5) is 39.6. The van der Waals surface area contributed by atoms with Gasteiger partial charge in [0.05, 0.1) is 27.9 Å². The summed E-state index contributed by atoms with van der Waals surface area (Å²) < 4.78 is 0.912. The van der Waals surface area contributed by atoms with Crippen molar-refractivity contribution in [1.29, 1.82) is 0 Å². The number of para-hydroxylation sites is 1. The molecule has 0 saturated carbocycles. The van der Waals surface area contributed by atoms with Crippen molar-refractivity contribution in [2.75, 3.05) is 5.32 Å². The molecule has 0 aliphatic heterocycles. The first-order valence-corrected chi connectivity index (χ1v) is 9.88. The highest BCUT2D eigenvalue weighted by Gasteiger charge is 2.09. The van der Waals surface area contributed by atoms with Gasteiger partial charge in [-0.1, -0.05) is 41.3 Å². The SMILES string of the molecule is O=C(NCc1nc2ccccc2c(=O)[nH]1)Nc1ncc(Sc2ccccn2)s1. The maximum atomic E-state index is 12.1. The molecular weight excluding hydrogens is 396 g/mol. The molecule has 1 aromatic carbocycles. The monoisotopic (exact) mass is 410 g/mol. The van der Waals surface area contributed by atoms with Crippen molar-refractivity contribution in [3.05, 3.63) is 71.0 Å². The molecule has 4 rings (SSSR count). The molecule has 28 heavy (non-hydrogen) atoms. The van der Waals surface area contributed by atoms with Gasteiger partial charge in [0.2, 0.25) is 0 Å². The van der Waals surface area contributed by atoms with E-state index in [1.54, 1.807) is 30.6 Å². The summed E-state index contributed by atoms with van der Waals surface area (Å²) in [6.45, 7) is 0.0901. The number of hydrogen-bond acceptors (Lipinski definition) is 7. The van der Waals surface area contributed by atoms with Gasteiger partial charge in [-0.2, -0.15) is 0 Å². The van der Waals surface area contributed by atoms with E-state index in [-0.39, 0.29) is 12.1 Å². The van der Waals surface area contributed by atoms with Crippen LogP contribution in [0.3, 0.4) is 0 Å². The molecule has 0 radical (unpaired) electrons. The number of thiazole rings is 1. The molecular formula is C18H14N6O2S2. The molecule has 140 valence electrons. The predicted octanol–water partition coefficient (Wildman–Crippen LogP) is 3.25. The Bertz CT molecular complexity index is 1180. The standard InChI is InChI=1S/C18H14N6O2S2/c25-16-11-5-1-2-6-12(11)22-13(23-16)9-20-17(26)24-18-21-10-15(28-18)27-14-7-3-4-8-19-14/h1-8,10H,9H2,(H,22,23,25)(H2,20,21,24,26). The number of carbonyl (C=O) groups is 1. The Hall–Kier alpha value is -3.24. The largest absolute Gasteiger partial charge is 0.331 e. The highest BCUT2D eigenvalue weighted by molar-refractivity contribution is 8.01. The number of H-pyrrole nitrogens is 1. The number of aromatic amines is 1. The number of carbonyl (C=O) groups excluding carboxylic acids is 1. The predicted molar refractivity (Wildman–Crippen MR) is 109 cm³/mol. The van der Waals surface area contributed by atoms with Crippen molar-refractivity contribution in [1.82, 2.24) is 25.3 Å². The number of anilines is 1. The zero-order valence-corrected chi connectivity index (χ0v) is 16.0. The second-order valence-corrected chi connectivity index (χ2v) is 7.94. The van der Waals surface area contributed by atoms with E-state index in [0.717, 1.165) is 9.24 Å². The molecule has 10 heteroatoms. The van der Waals surface area contributed by atoms with Crippen molar-refractivity contribution in [3.8, 4) is 0 Å². The maximum absolute atomic E-state index is 12.1. The minimum absolute atomic E-state index is 0.0901. The minimum Gasteiger partial charge on any atom is -0.331 e. The number of nitrogens with zero attached hydrogens (tertiary/aromatic N) is 3. The first-order valence-electron chi connectivity index (χ1n) is 8.25. The van der Waals surface area contributed by atoms with Crippen molar-refractivity contribution >= 4 is 45.2 Å². The number of amides is 2. The van der Waals surface area contributed by atoms with Crippen LogP contribution in [-0.2, 0) is 6.54 Å². The number of nitrogens with one attached hydrogen (secondary N) is 3. The van der Waals surface area contributed by atoms with E-state index in [1.165, 1.54) is 23.1 Å². The topological polar surface area (TPSA) is 113 Å². The van der Waals surface area contributed by atoms with E-state index in [1.807, 2.05) is 24.3 Å². The third-order valence-electron chi connectivity index (χ3n) is 3.63. The summed E-state index contributed by atoms with van der Waals surface area (Å²) in [6, 6.07) is 12.3. The average Bonchev–Trinajstić information content (AvgIpc) is 3.14. The molecule has 0 unspecified atom stereocenters. The lowest BCUT2D eigenvalue weighted by atomic mass is 10.2. The van der Waals surface area contributed by atoms with E-state index in [9.17, 15) is 9.59 Å². The summed E-state index contributed by atoms with van der Waals surface area (Å²) in [7, 11) is 0. The lowest BCUT2D eigenvalue weighted by Crippen LogP contribution is -2.29. The van der Waals surface area contributed by atoms with E-state index in [4.69, 9.17) is 0 Å². The number of urea groups is 1. The fraction of sp³-hybridized carbons (Fsp3) is 0.0556. The van der Waals surface area contributed by atoms with Gasteiger partial charge in [0.1, 0.15) is 10.9 Å². The summed E-state index contributed by atoms with van der Waals surface area (Å²) in [5, 5.41) is 7.17. The minimum atomic E-state index is -0.431. The average molecular weight is 410 g/mol. The van der Waals surface area contributed by atoms with Crippen LogP contribution in [0.5, 0.6) is 0 Å². The molecule has 0 spiro atoms. The van der Waals surface area contributed by atoms with E-state index >= 15 is 0 Å². The van der Waals surface area contributed by atoms with Gasteiger partial charge in [-0.05, 0) is 24.3 Å². The molecule has 4 aromatic rings. The van der Waals surface area contributed by atoms with Crippen LogP contribution in [0.25, 0.3) is 10.9 Å². The van der Waals surface area contributed by atoms with Gasteiger partial charge >= 0.3 is 6.03 Å². The first kappa shape index (κ1) is 18.1. The van der Waals surface area contributed by atoms with E-state index in [0.29, 0.717) is 21.9 Å². The van der Waals surface area contributed by atoms with Crippen molar-refractivity contribution in [3.63, 3.8) is 0 Å². The molecule has 8 nitrogen and oxygen atoms in total. The van der Waals surface area contributed by atoms with Crippen LogP contribution in [0.2, 0.25) is 0 Å². The van der Waals surface area contributed by atoms with Crippen LogP contribution < -0.4 is 16.2 Å². The maximum Gasteiger partial charge on any atom is 0.321 e. The molecule has 3 aromatic heterocycles. The Morgan fingerprint density at radius 2 is 2.00 bits per heavy atom. The second-order valence-electron chi connectivity index (χ2n) is 5.59. The fourth-order valence-corrected chi connectivity index (χ4v) is 4.18. The van der Waals surface area contributed by atoms with E-state index < -0.39 is 6.03 Å². The third kappa shape index (κ3) is 4.35. The van der Waals surface area contributed by atoms with Crippen molar-refractivity contribution in [2.24, 2.45) is 0 Å². The second kappa shape index (κ2) is 8.19. The molecule has 0 atom stereocenters. The Balaban J connectivity index is 1.35. The zero-order valence-electron chi connectivity index (χ0n) is 14.4. The van der Waals surface area contributed by atoms with Gasteiger partial charge in [-0.25, -0.2) is 19.7 Å². The van der Waals surface area contributed by atoms with Gasteiger partial charge in [0.15, 0.2) is 5.13 Å². The molecule has 0 fully saturated rings. The Labute approximate surface area is 167 Å². The molecule has 3 heterocycles. The molecule has 0 aliphatic carbocycles. The summed E-state index contributed by atoms with van der Waals surface area (Å²) in [5.41, 5.74) is 0.346. The lowest BCUT2D eigenvalue weighted by molar-refractivity contribution is 0.251. The third-order valence-corrected chi connectivity index (χ3v) is 5.59. The van der Waals surface area contributed by atoms with Crippen molar-refractivity contribution in [2.45, 2.75) is 15.8 Å². The molecule has 0 aliphatic rings. The lowest BCUT2D eigenvalue weighted by Gasteiger charge is -2.06. The number of fused-ring (bicyclic) bond motifs is 1. The number of hydrogen-bond donors (Lipinski definition) is 3. The molecule has 2 amide bonds. The first-order chi connectivity index (χ1) is 13.7. The Kier molecular flexibility index (Phi) is 5.31. The van der Waals surface area contributed by atoms with Crippen LogP contribution in [0, 0.1) is 0 Å².